The van der Waals surface area contributed by atoms with Crippen molar-refractivity contribution in [3.8, 4) is 0 Å². The highest BCUT2D eigenvalue weighted by Gasteiger charge is 2.39. The van der Waals surface area contributed by atoms with Crippen molar-refractivity contribution in [2.45, 2.75) is 23.8 Å². The molecule has 0 amide bonds. The van der Waals surface area contributed by atoms with Crippen LogP contribution in [0.4, 0.5) is 11.4 Å². The van der Waals surface area contributed by atoms with Crippen LogP contribution < -0.4 is 5.32 Å². The summed E-state index contributed by atoms with van der Waals surface area (Å²) in [4.78, 5) is 10.2. The molecule has 0 bridgehead atoms. The largest absolute Gasteiger partial charge is 0.389 e. The summed E-state index contributed by atoms with van der Waals surface area (Å²) < 4.78 is 26.1. The lowest BCUT2D eigenvalue weighted by molar-refractivity contribution is -0.384. The lowest BCUT2D eigenvalue weighted by atomic mass is 10.1. The Bertz CT molecular complexity index is 671. The third-order valence-corrected chi connectivity index (χ3v) is 5.33. The van der Waals surface area contributed by atoms with Crippen LogP contribution in [-0.4, -0.2) is 48.5 Å². The molecule has 1 aromatic rings. The molecule has 1 aromatic carbocycles. The van der Waals surface area contributed by atoms with Crippen LogP contribution >= 0.6 is 0 Å². The maximum absolute atomic E-state index is 12.5. The van der Waals surface area contributed by atoms with Gasteiger partial charge in [-0.2, -0.15) is 4.31 Å². The van der Waals surface area contributed by atoms with Crippen molar-refractivity contribution in [1.82, 2.24) is 4.31 Å². The summed E-state index contributed by atoms with van der Waals surface area (Å²) in [5.74, 6) is 0. The second-order valence-corrected chi connectivity index (χ2v) is 7.21. The Morgan fingerprint density at radius 3 is 2.62 bits per heavy atom. The van der Waals surface area contributed by atoms with Crippen molar-refractivity contribution in [1.29, 1.82) is 0 Å². The number of aliphatic hydroxyl groups is 1. The van der Waals surface area contributed by atoms with E-state index >= 15 is 0 Å². The number of sulfonamides is 1. The van der Waals surface area contributed by atoms with Gasteiger partial charge < -0.3 is 10.4 Å². The van der Waals surface area contributed by atoms with E-state index in [9.17, 15) is 23.6 Å². The third kappa shape index (κ3) is 2.99. The second kappa shape index (κ2) is 5.24. The van der Waals surface area contributed by atoms with E-state index in [-0.39, 0.29) is 29.4 Å². The molecule has 1 fully saturated rings. The van der Waals surface area contributed by atoms with Crippen LogP contribution in [0.25, 0.3) is 0 Å². The molecule has 1 saturated heterocycles. The summed E-state index contributed by atoms with van der Waals surface area (Å²) in [5.41, 5.74) is -1.12. The van der Waals surface area contributed by atoms with Crippen molar-refractivity contribution in [2.75, 3.05) is 25.5 Å². The van der Waals surface area contributed by atoms with Gasteiger partial charge in [-0.25, -0.2) is 8.42 Å². The van der Waals surface area contributed by atoms with Crippen LogP contribution in [0, 0.1) is 10.1 Å². The van der Waals surface area contributed by atoms with Gasteiger partial charge in [-0.3, -0.25) is 10.1 Å². The monoisotopic (exact) mass is 315 g/mol. The first-order valence-electron chi connectivity index (χ1n) is 6.36. The molecule has 2 rings (SSSR count). The Balaban J connectivity index is 2.42. The van der Waals surface area contributed by atoms with Gasteiger partial charge in [0.2, 0.25) is 10.0 Å². The molecular formula is C12H17N3O5S. The quantitative estimate of drug-likeness (QED) is 0.627. The van der Waals surface area contributed by atoms with Crippen LogP contribution in [0.15, 0.2) is 23.1 Å². The lowest BCUT2D eigenvalue weighted by Crippen LogP contribution is -2.33. The average Bonchev–Trinajstić information content (AvgIpc) is 2.78. The van der Waals surface area contributed by atoms with E-state index in [4.69, 9.17) is 0 Å². The van der Waals surface area contributed by atoms with Crippen LogP contribution in [0.1, 0.15) is 13.3 Å². The normalized spacial score (nSPS) is 23.2. The zero-order chi connectivity index (χ0) is 15.8. The second-order valence-electron chi connectivity index (χ2n) is 5.27. The first-order valence-corrected chi connectivity index (χ1v) is 7.80. The lowest BCUT2D eigenvalue weighted by Gasteiger charge is -2.19. The molecule has 0 saturated carbocycles. The molecule has 0 aromatic heterocycles. The highest BCUT2D eigenvalue weighted by atomic mass is 32.2. The number of benzene rings is 1. The fourth-order valence-corrected chi connectivity index (χ4v) is 3.87. The van der Waals surface area contributed by atoms with Crippen molar-refractivity contribution in [2.24, 2.45) is 0 Å². The van der Waals surface area contributed by atoms with Crippen molar-refractivity contribution in [3.63, 3.8) is 0 Å². The minimum Gasteiger partial charge on any atom is -0.389 e. The topological polar surface area (TPSA) is 113 Å². The minimum atomic E-state index is -3.85. The smallest absolute Gasteiger partial charge is 0.293 e. The van der Waals surface area contributed by atoms with Crippen LogP contribution in [0.2, 0.25) is 0 Å². The van der Waals surface area contributed by atoms with E-state index in [1.165, 1.54) is 19.2 Å². The number of rotatable bonds is 4. The van der Waals surface area contributed by atoms with Crippen molar-refractivity contribution >= 4 is 21.4 Å². The Morgan fingerprint density at radius 1 is 1.48 bits per heavy atom. The van der Waals surface area contributed by atoms with E-state index in [2.05, 4.69) is 5.32 Å². The maximum Gasteiger partial charge on any atom is 0.293 e. The summed E-state index contributed by atoms with van der Waals surface area (Å²) in [6.07, 6.45) is 0.336. The molecule has 1 aliphatic heterocycles. The average molecular weight is 315 g/mol. The summed E-state index contributed by atoms with van der Waals surface area (Å²) in [6, 6.07) is 3.72. The molecule has 21 heavy (non-hydrogen) atoms. The van der Waals surface area contributed by atoms with Crippen molar-refractivity contribution < 1.29 is 18.4 Å². The highest BCUT2D eigenvalue weighted by molar-refractivity contribution is 7.89. The Hall–Kier alpha value is -1.71. The molecule has 1 heterocycles. The molecular weight excluding hydrogens is 298 g/mol. The number of β-amino-alcohol motifs (C(OH)–C–C–N with tert-alkyl or cyclic N) is 1. The summed E-state index contributed by atoms with van der Waals surface area (Å²) >= 11 is 0. The van der Waals surface area contributed by atoms with E-state index in [0.717, 1.165) is 10.4 Å². The van der Waals surface area contributed by atoms with Crippen LogP contribution in [0.3, 0.4) is 0 Å². The third-order valence-electron chi connectivity index (χ3n) is 3.49. The van der Waals surface area contributed by atoms with E-state index in [1.54, 1.807) is 6.92 Å². The van der Waals surface area contributed by atoms with Gasteiger partial charge in [0.25, 0.3) is 5.69 Å². The highest BCUT2D eigenvalue weighted by Crippen LogP contribution is 2.31. The predicted molar refractivity (Wildman–Crippen MR) is 76.6 cm³/mol. The zero-order valence-corrected chi connectivity index (χ0v) is 12.6. The number of hydrogen-bond donors (Lipinski definition) is 2. The molecule has 116 valence electrons. The van der Waals surface area contributed by atoms with E-state index in [0.29, 0.717) is 6.42 Å². The molecule has 1 aliphatic rings. The number of nitrogens with one attached hydrogen (secondary N) is 1. The van der Waals surface area contributed by atoms with Crippen LogP contribution in [0.5, 0.6) is 0 Å². The van der Waals surface area contributed by atoms with Gasteiger partial charge in [0.15, 0.2) is 0 Å². The molecule has 0 spiro atoms. The Labute approximate surface area is 122 Å². The Morgan fingerprint density at radius 2 is 2.14 bits per heavy atom. The molecule has 2 N–H and O–H groups in total. The first kappa shape index (κ1) is 15.7. The van der Waals surface area contributed by atoms with E-state index in [1.807, 2.05) is 0 Å². The first-order chi connectivity index (χ1) is 9.67. The van der Waals surface area contributed by atoms with Gasteiger partial charge in [0, 0.05) is 26.2 Å². The predicted octanol–water partition coefficient (Wildman–Crippen LogP) is 0.782. The number of nitro groups is 1. The Kier molecular flexibility index (Phi) is 3.91. The summed E-state index contributed by atoms with van der Waals surface area (Å²) in [5, 5.41) is 23.5. The molecule has 0 aliphatic carbocycles. The van der Waals surface area contributed by atoms with Crippen LogP contribution in [-0.2, 0) is 10.0 Å². The van der Waals surface area contributed by atoms with Gasteiger partial charge in [0.05, 0.1) is 15.4 Å². The van der Waals surface area contributed by atoms with Gasteiger partial charge in [-0.15, -0.1) is 0 Å². The summed E-state index contributed by atoms with van der Waals surface area (Å²) in [6.45, 7) is 1.74. The zero-order valence-electron chi connectivity index (χ0n) is 11.7. The fraction of sp³-hybridized carbons (Fsp3) is 0.500. The fourth-order valence-electron chi connectivity index (χ4n) is 2.29. The standard InChI is InChI=1S/C12H17N3O5S/c1-12(16)5-6-14(8-12)21(19,20)9-3-4-10(13-2)11(7-9)15(17)18/h3-4,7,13,16H,5-6,8H2,1-2H3. The van der Waals surface area contributed by atoms with Gasteiger partial charge in [-0.1, -0.05) is 0 Å². The molecule has 0 radical (unpaired) electrons. The molecule has 9 heteroatoms. The summed E-state index contributed by atoms with van der Waals surface area (Å²) in [7, 11) is -2.33. The maximum atomic E-state index is 12.5. The molecule has 8 nitrogen and oxygen atoms in total. The number of hydrogen-bond acceptors (Lipinski definition) is 6. The minimum absolute atomic E-state index is 0.0170. The SMILES string of the molecule is CNc1ccc(S(=O)(=O)N2CCC(C)(O)C2)cc1[N+](=O)[O-]. The molecule has 1 unspecified atom stereocenters. The van der Waals surface area contributed by atoms with Gasteiger partial charge in [0.1, 0.15) is 5.69 Å². The molecule has 1 atom stereocenters. The van der Waals surface area contributed by atoms with Gasteiger partial charge in [-0.05, 0) is 25.5 Å². The number of anilines is 1. The van der Waals surface area contributed by atoms with E-state index < -0.39 is 20.5 Å². The number of nitrogens with zero attached hydrogens (tertiary/aromatic N) is 2. The van der Waals surface area contributed by atoms with Crippen molar-refractivity contribution in [3.05, 3.63) is 28.3 Å². The van der Waals surface area contributed by atoms with Gasteiger partial charge >= 0.3 is 0 Å². The number of nitro benzene ring substituents is 1.